The Labute approximate surface area is 199 Å². The van der Waals surface area contributed by atoms with Gasteiger partial charge >= 0.3 is 0 Å². The van der Waals surface area contributed by atoms with Gasteiger partial charge in [-0.3, -0.25) is 19.5 Å². The van der Waals surface area contributed by atoms with Crippen molar-refractivity contribution in [3.05, 3.63) is 87.7 Å². The quantitative estimate of drug-likeness (QED) is 0.310. The number of hydrogen-bond acceptors (Lipinski definition) is 6. The third-order valence-electron chi connectivity index (χ3n) is 5.27. The summed E-state index contributed by atoms with van der Waals surface area (Å²) in [7, 11) is 2.88. The molecule has 7 nitrogen and oxygen atoms in total. The molecule has 0 radical (unpaired) electrons. The number of pyridine rings is 1. The number of anilines is 1. The molecule has 0 bridgehead atoms. The van der Waals surface area contributed by atoms with Crippen molar-refractivity contribution in [3.63, 3.8) is 0 Å². The Morgan fingerprint density at radius 2 is 1.73 bits per heavy atom. The van der Waals surface area contributed by atoms with E-state index in [1.807, 2.05) is 0 Å². The van der Waals surface area contributed by atoms with E-state index in [-0.39, 0.29) is 26.9 Å². The number of carbonyl (C=O) groups excluding carboxylic acids is 2. The Bertz CT molecular complexity index is 1250. The SMILES string of the molecule is COc1ccccc1N1C(=O)C(=O)/C(=C(/O)c2cc(Cl)c(OC)c(Cl)c2)C1c1cccnc1. The molecular weight excluding hydrogens is 467 g/mol. The zero-order valence-electron chi connectivity index (χ0n) is 17.6. The lowest BCUT2D eigenvalue weighted by Crippen LogP contribution is -2.29. The average Bonchev–Trinajstić information content (AvgIpc) is 3.09. The number of ether oxygens (including phenoxy) is 2. The summed E-state index contributed by atoms with van der Waals surface area (Å²) in [4.78, 5) is 31.9. The number of benzene rings is 2. The van der Waals surface area contributed by atoms with Crippen LogP contribution in [0, 0.1) is 0 Å². The van der Waals surface area contributed by atoms with Crippen LogP contribution in [0.3, 0.4) is 0 Å². The monoisotopic (exact) mass is 484 g/mol. The van der Waals surface area contributed by atoms with Crippen molar-refractivity contribution in [2.24, 2.45) is 0 Å². The van der Waals surface area contributed by atoms with Gasteiger partial charge in [-0.1, -0.05) is 41.4 Å². The molecule has 0 saturated carbocycles. The molecule has 2 heterocycles. The zero-order valence-corrected chi connectivity index (χ0v) is 19.1. The van der Waals surface area contributed by atoms with Gasteiger partial charge in [-0.15, -0.1) is 0 Å². The van der Waals surface area contributed by atoms with Gasteiger partial charge in [0.15, 0.2) is 5.75 Å². The van der Waals surface area contributed by atoms with Crippen LogP contribution in [-0.4, -0.2) is 36.0 Å². The summed E-state index contributed by atoms with van der Waals surface area (Å²) >= 11 is 12.5. The number of nitrogens with zero attached hydrogens (tertiary/aromatic N) is 2. The van der Waals surface area contributed by atoms with Crippen LogP contribution in [-0.2, 0) is 9.59 Å². The highest BCUT2D eigenvalue weighted by molar-refractivity contribution is 6.52. The van der Waals surface area contributed by atoms with Gasteiger partial charge in [-0.05, 0) is 35.9 Å². The van der Waals surface area contributed by atoms with E-state index in [0.29, 0.717) is 17.0 Å². The Kier molecular flexibility index (Phi) is 6.26. The molecule has 0 aliphatic carbocycles. The number of ketones is 1. The maximum Gasteiger partial charge on any atom is 0.300 e. The third kappa shape index (κ3) is 3.90. The van der Waals surface area contributed by atoms with Gasteiger partial charge in [0, 0.05) is 18.0 Å². The van der Waals surface area contributed by atoms with E-state index in [9.17, 15) is 14.7 Å². The lowest BCUT2D eigenvalue weighted by Gasteiger charge is -2.26. The minimum atomic E-state index is -0.963. The number of rotatable bonds is 5. The van der Waals surface area contributed by atoms with E-state index < -0.39 is 23.5 Å². The Balaban J connectivity index is 1.97. The lowest BCUT2D eigenvalue weighted by molar-refractivity contribution is -0.132. The maximum absolute atomic E-state index is 13.2. The molecule has 1 aliphatic heterocycles. The van der Waals surface area contributed by atoms with Crippen molar-refractivity contribution in [1.29, 1.82) is 0 Å². The molecule has 1 aromatic heterocycles. The molecular formula is C24H18Cl2N2O5. The Hall–Kier alpha value is -3.55. The fourth-order valence-corrected chi connectivity index (χ4v) is 4.45. The van der Waals surface area contributed by atoms with E-state index in [4.69, 9.17) is 32.7 Å². The van der Waals surface area contributed by atoms with Crippen molar-refractivity contribution in [2.75, 3.05) is 19.1 Å². The lowest BCUT2D eigenvalue weighted by atomic mass is 9.96. The topological polar surface area (TPSA) is 89.0 Å². The maximum atomic E-state index is 13.2. The molecule has 1 aliphatic rings. The van der Waals surface area contributed by atoms with Crippen molar-refractivity contribution >= 4 is 46.3 Å². The van der Waals surface area contributed by atoms with Crippen LogP contribution >= 0.6 is 23.2 Å². The first kappa shape index (κ1) is 22.6. The molecule has 9 heteroatoms. The summed E-state index contributed by atoms with van der Waals surface area (Å²) in [6.45, 7) is 0. The van der Waals surface area contributed by atoms with Crippen LogP contribution < -0.4 is 14.4 Å². The van der Waals surface area contributed by atoms with Crippen LogP contribution in [0.4, 0.5) is 5.69 Å². The van der Waals surface area contributed by atoms with Crippen LogP contribution in [0.5, 0.6) is 11.5 Å². The fraction of sp³-hybridized carbons (Fsp3) is 0.125. The summed E-state index contributed by atoms with van der Waals surface area (Å²) in [5, 5.41) is 11.5. The number of amides is 1. The second-order valence-electron chi connectivity index (χ2n) is 7.10. The van der Waals surface area contributed by atoms with Crippen LogP contribution in [0.2, 0.25) is 10.0 Å². The normalized spacial score (nSPS) is 17.3. The number of aromatic nitrogens is 1. The van der Waals surface area contributed by atoms with Crippen molar-refractivity contribution < 1.29 is 24.2 Å². The number of hydrogen-bond donors (Lipinski definition) is 1. The van der Waals surface area contributed by atoms with Gasteiger partial charge < -0.3 is 14.6 Å². The third-order valence-corrected chi connectivity index (χ3v) is 5.83. The largest absolute Gasteiger partial charge is 0.507 e. The molecule has 3 aromatic rings. The molecule has 168 valence electrons. The number of aliphatic hydroxyl groups excluding tert-OH is 1. The van der Waals surface area contributed by atoms with E-state index in [1.165, 1.54) is 37.4 Å². The summed E-state index contributed by atoms with van der Waals surface area (Å²) in [5.74, 6) is -1.49. The van der Waals surface area contributed by atoms with E-state index in [1.54, 1.807) is 42.6 Å². The molecule has 1 saturated heterocycles. The van der Waals surface area contributed by atoms with Gasteiger partial charge in [0.25, 0.3) is 11.7 Å². The van der Waals surface area contributed by atoms with Gasteiger partial charge in [-0.2, -0.15) is 0 Å². The number of Topliss-reactive ketones (excluding diaryl/α,β-unsaturated/α-hetero) is 1. The fourth-order valence-electron chi connectivity index (χ4n) is 3.81. The predicted octanol–water partition coefficient (Wildman–Crippen LogP) is 5.03. The zero-order chi connectivity index (χ0) is 23.7. The summed E-state index contributed by atoms with van der Waals surface area (Å²) in [5.41, 5.74) is 0.935. The highest BCUT2D eigenvalue weighted by Gasteiger charge is 2.48. The molecule has 2 aromatic carbocycles. The van der Waals surface area contributed by atoms with E-state index in [0.717, 1.165) is 0 Å². The summed E-state index contributed by atoms with van der Waals surface area (Å²) < 4.78 is 10.6. The van der Waals surface area contributed by atoms with Crippen LogP contribution in [0.25, 0.3) is 5.76 Å². The van der Waals surface area contributed by atoms with Crippen molar-refractivity contribution in [2.45, 2.75) is 6.04 Å². The van der Waals surface area contributed by atoms with Crippen molar-refractivity contribution in [1.82, 2.24) is 4.98 Å². The van der Waals surface area contributed by atoms with Gasteiger partial charge in [0.05, 0.1) is 41.6 Å². The van der Waals surface area contributed by atoms with Gasteiger partial charge in [0.1, 0.15) is 11.5 Å². The molecule has 1 N–H and O–H groups in total. The molecule has 1 unspecified atom stereocenters. The number of para-hydroxylation sites is 2. The van der Waals surface area contributed by atoms with Crippen molar-refractivity contribution in [3.8, 4) is 11.5 Å². The first-order chi connectivity index (χ1) is 15.9. The summed E-state index contributed by atoms with van der Waals surface area (Å²) in [6.07, 6.45) is 3.10. The van der Waals surface area contributed by atoms with E-state index in [2.05, 4.69) is 4.98 Å². The standard InChI is InChI=1S/C24H18Cl2N2O5/c1-32-18-8-4-3-7-17(18)28-20(13-6-5-9-27-12-13)19(22(30)24(28)31)21(29)14-10-15(25)23(33-2)16(26)11-14/h3-12,20,29H,1-2H3/b21-19+. The number of carbonyl (C=O) groups is 2. The first-order valence-corrected chi connectivity index (χ1v) is 10.5. The van der Waals surface area contributed by atoms with Gasteiger partial charge in [0.2, 0.25) is 0 Å². The van der Waals surface area contributed by atoms with Crippen LogP contribution in [0.1, 0.15) is 17.2 Å². The minimum absolute atomic E-state index is 0.129. The number of methoxy groups -OCH3 is 2. The van der Waals surface area contributed by atoms with Crippen LogP contribution in [0.15, 0.2) is 66.5 Å². The summed E-state index contributed by atoms with van der Waals surface area (Å²) in [6, 6.07) is 12.1. The highest BCUT2D eigenvalue weighted by Crippen LogP contribution is 2.45. The highest BCUT2D eigenvalue weighted by atomic mass is 35.5. The molecule has 4 rings (SSSR count). The smallest absolute Gasteiger partial charge is 0.300 e. The minimum Gasteiger partial charge on any atom is -0.507 e. The van der Waals surface area contributed by atoms with E-state index >= 15 is 0 Å². The predicted molar refractivity (Wildman–Crippen MR) is 125 cm³/mol. The number of halogens is 2. The molecule has 0 spiro atoms. The second-order valence-corrected chi connectivity index (χ2v) is 7.91. The molecule has 1 atom stereocenters. The molecule has 1 fully saturated rings. The first-order valence-electron chi connectivity index (χ1n) is 9.76. The average molecular weight is 485 g/mol. The number of aliphatic hydroxyl groups is 1. The molecule has 33 heavy (non-hydrogen) atoms. The second kappa shape index (κ2) is 9.13. The Morgan fingerprint density at radius 3 is 2.33 bits per heavy atom. The van der Waals surface area contributed by atoms with Gasteiger partial charge in [-0.25, -0.2) is 0 Å². The Morgan fingerprint density at radius 1 is 1.03 bits per heavy atom. The molecule has 1 amide bonds.